The molecule has 0 unspecified atom stereocenters. The van der Waals surface area contributed by atoms with Crippen molar-refractivity contribution in [2.75, 3.05) is 19.8 Å². The van der Waals surface area contributed by atoms with E-state index in [-0.39, 0.29) is 25.4 Å². The van der Waals surface area contributed by atoms with E-state index in [1.165, 1.54) is 0 Å². The molecule has 7 heteroatoms. The van der Waals surface area contributed by atoms with Crippen molar-refractivity contribution < 1.29 is 23.1 Å². The van der Waals surface area contributed by atoms with Crippen LogP contribution in [0.2, 0.25) is 0 Å². The van der Waals surface area contributed by atoms with Crippen molar-refractivity contribution in [1.82, 2.24) is 0 Å². The molecule has 0 aromatic carbocycles. The lowest BCUT2D eigenvalue weighted by atomic mass is 10.3. The Morgan fingerprint density at radius 3 is 2.12 bits per heavy atom. The third-order valence-corrected chi connectivity index (χ3v) is 3.33. The van der Waals surface area contributed by atoms with Crippen molar-refractivity contribution >= 4 is 13.6 Å². The van der Waals surface area contributed by atoms with Gasteiger partial charge < -0.3 is 13.8 Å². The first-order valence-electron chi connectivity index (χ1n) is 5.21. The molecule has 96 valence electrons. The quantitative estimate of drug-likeness (QED) is 0.302. The fourth-order valence-corrected chi connectivity index (χ4v) is 2.39. The predicted molar refractivity (Wildman–Crippen MR) is 61.2 cm³/mol. The van der Waals surface area contributed by atoms with Gasteiger partial charge in [0.05, 0.1) is 25.6 Å². The molecule has 17 heavy (non-hydrogen) atoms. The van der Waals surface area contributed by atoms with Crippen molar-refractivity contribution in [2.24, 2.45) is 0 Å². The van der Waals surface area contributed by atoms with Crippen LogP contribution < -0.4 is 0 Å². The maximum atomic E-state index is 12.0. The molecule has 0 rings (SSSR count). The van der Waals surface area contributed by atoms with Crippen LogP contribution in [0, 0.1) is 11.3 Å². The lowest BCUT2D eigenvalue weighted by molar-refractivity contribution is -0.138. The Hall–Kier alpha value is -1.15. The van der Waals surface area contributed by atoms with Gasteiger partial charge in [0.25, 0.3) is 0 Å². The van der Waals surface area contributed by atoms with Gasteiger partial charge in [-0.25, -0.2) is 4.79 Å². The van der Waals surface area contributed by atoms with Crippen molar-refractivity contribution in [3.63, 3.8) is 0 Å². The Balaban J connectivity index is 5.07. The van der Waals surface area contributed by atoms with Gasteiger partial charge in [0.2, 0.25) is 0 Å². The van der Waals surface area contributed by atoms with Gasteiger partial charge in [0.1, 0.15) is 11.6 Å². The molecule has 0 amide bonds. The molecule has 0 aliphatic carbocycles. The summed E-state index contributed by atoms with van der Waals surface area (Å²) in [7, 11) is -3.55. The maximum Gasteiger partial charge on any atom is 0.355 e. The molecule has 0 bridgehead atoms. The zero-order chi connectivity index (χ0) is 13.3. The molecule has 0 aromatic heterocycles. The van der Waals surface area contributed by atoms with Crippen molar-refractivity contribution in [3.05, 3.63) is 11.4 Å². The Morgan fingerprint density at radius 1 is 1.24 bits per heavy atom. The SMILES string of the molecule is CCOC(=O)C(C#N)=CP(=O)(OCC)OCC. The first-order chi connectivity index (χ1) is 8.02. The molecule has 0 radical (unpaired) electrons. The van der Waals surface area contributed by atoms with Gasteiger partial charge in [0.15, 0.2) is 0 Å². The van der Waals surface area contributed by atoms with E-state index in [1.54, 1.807) is 26.8 Å². The van der Waals surface area contributed by atoms with Gasteiger partial charge in [-0.15, -0.1) is 0 Å². The summed E-state index contributed by atoms with van der Waals surface area (Å²) in [4.78, 5) is 11.3. The van der Waals surface area contributed by atoms with Crippen molar-refractivity contribution in [1.29, 1.82) is 5.26 Å². The van der Waals surface area contributed by atoms with E-state index in [4.69, 9.17) is 14.3 Å². The highest BCUT2D eigenvalue weighted by Crippen LogP contribution is 2.50. The average Bonchev–Trinajstić information content (AvgIpc) is 2.27. The highest BCUT2D eigenvalue weighted by Gasteiger charge is 2.24. The van der Waals surface area contributed by atoms with Crippen LogP contribution in [0.4, 0.5) is 0 Å². The monoisotopic (exact) mass is 261 g/mol. The molecular weight excluding hydrogens is 245 g/mol. The summed E-state index contributed by atoms with van der Waals surface area (Å²) in [5.74, 6) is 0.0625. The highest BCUT2D eigenvalue weighted by atomic mass is 31.2. The van der Waals surface area contributed by atoms with Crippen LogP contribution in [0.25, 0.3) is 0 Å². The fourth-order valence-electron chi connectivity index (χ4n) is 0.966. The topological polar surface area (TPSA) is 85.6 Å². The lowest BCUT2D eigenvalue weighted by Crippen LogP contribution is -2.07. The number of carbonyl (C=O) groups is 1. The number of hydrogen-bond donors (Lipinski definition) is 0. The van der Waals surface area contributed by atoms with Crippen LogP contribution in [-0.4, -0.2) is 25.8 Å². The van der Waals surface area contributed by atoms with E-state index >= 15 is 0 Å². The Morgan fingerprint density at radius 2 is 1.76 bits per heavy atom. The molecule has 0 saturated carbocycles. The molecule has 0 spiro atoms. The number of hydrogen-bond acceptors (Lipinski definition) is 6. The van der Waals surface area contributed by atoms with E-state index in [0.717, 1.165) is 5.82 Å². The molecule has 0 saturated heterocycles. The zero-order valence-corrected chi connectivity index (χ0v) is 11.0. The molecule has 0 atom stereocenters. The summed E-state index contributed by atoms with van der Waals surface area (Å²) in [6.07, 6.45) is 0. The van der Waals surface area contributed by atoms with Crippen LogP contribution in [0.5, 0.6) is 0 Å². The average molecular weight is 261 g/mol. The number of rotatable bonds is 7. The molecule has 0 N–H and O–H groups in total. The molecule has 0 fully saturated rings. The summed E-state index contributed by atoms with van der Waals surface area (Å²) in [5, 5.41) is 8.77. The number of esters is 1. The molecule has 0 aromatic rings. The van der Waals surface area contributed by atoms with Crippen LogP contribution >= 0.6 is 7.60 Å². The minimum atomic E-state index is -3.55. The molecule has 0 aliphatic heterocycles. The van der Waals surface area contributed by atoms with E-state index in [9.17, 15) is 9.36 Å². The minimum Gasteiger partial charge on any atom is -0.462 e. The first-order valence-corrected chi connectivity index (χ1v) is 6.83. The normalized spacial score (nSPS) is 12.0. The highest BCUT2D eigenvalue weighted by molar-refractivity contribution is 7.57. The fraction of sp³-hybridized carbons (Fsp3) is 0.600. The Labute approximate surface area is 101 Å². The van der Waals surface area contributed by atoms with Crippen LogP contribution in [-0.2, 0) is 23.1 Å². The Kier molecular flexibility index (Phi) is 7.47. The third-order valence-electron chi connectivity index (χ3n) is 1.52. The minimum absolute atomic E-state index is 0.130. The van der Waals surface area contributed by atoms with Crippen LogP contribution in [0.1, 0.15) is 20.8 Å². The van der Waals surface area contributed by atoms with E-state index in [0.29, 0.717) is 0 Å². The van der Waals surface area contributed by atoms with E-state index in [2.05, 4.69) is 4.74 Å². The van der Waals surface area contributed by atoms with Gasteiger partial charge in [-0.2, -0.15) is 5.26 Å². The largest absolute Gasteiger partial charge is 0.462 e. The summed E-state index contributed by atoms with van der Waals surface area (Å²) in [6.45, 7) is 5.31. The summed E-state index contributed by atoms with van der Waals surface area (Å²) < 4.78 is 26.5. The summed E-state index contributed by atoms with van der Waals surface area (Å²) in [6, 6.07) is 1.61. The second-order valence-corrected chi connectivity index (χ2v) is 4.60. The standard InChI is InChI=1S/C10H16NO5P/c1-4-14-10(12)9(7-11)8-17(13,15-5-2)16-6-3/h8H,4-6H2,1-3H3. The molecule has 0 heterocycles. The van der Waals surface area contributed by atoms with Gasteiger partial charge in [0, 0.05) is 0 Å². The number of nitriles is 1. The second kappa shape index (κ2) is 8.02. The first kappa shape index (κ1) is 15.9. The van der Waals surface area contributed by atoms with Gasteiger partial charge >= 0.3 is 13.6 Å². The zero-order valence-electron chi connectivity index (χ0n) is 10.1. The van der Waals surface area contributed by atoms with Gasteiger partial charge in [-0.1, -0.05) is 0 Å². The summed E-state index contributed by atoms with van der Waals surface area (Å²) in [5.41, 5.74) is -0.378. The lowest BCUT2D eigenvalue weighted by Gasteiger charge is -2.13. The number of carbonyl (C=O) groups excluding carboxylic acids is 1. The number of nitrogens with zero attached hydrogens (tertiary/aromatic N) is 1. The predicted octanol–water partition coefficient (Wildman–Crippen LogP) is 2.22. The van der Waals surface area contributed by atoms with Crippen LogP contribution in [0.15, 0.2) is 11.4 Å². The Bertz CT molecular complexity index is 361. The van der Waals surface area contributed by atoms with Gasteiger partial charge in [-0.3, -0.25) is 4.57 Å². The van der Waals surface area contributed by atoms with Gasteiger partial charge in [-0.05, 0) is 20.8 Å². The molecule has 0 aliphatic rings. The maximum absolute atomic E-state index is 12.0. The third kappa shape index (κ3) is 5.64. The van der Waals surface area contributed by atoms with Crippen molar-refractivity contribution in [3.8, 4) is 6.07 Å². The smallest absolute Gasteiger partial charge is 0.355 e. The van der Waals surface area contributed by atoms with E-state index < -0.39 is 13.6 Å². The van der Waals surface area contributed by atoms with E-state index in [1.807, 2.05) is 0 Å². The number of ether oxygens (including phenoxy) is 1. The molecular formula is C10H16NO5P. The van der Waals surface area contributed by atoms with Crippen molar-refractivity contribution in [2.45, 2.75) is 20.8 Å². The second-order valence-electron chi connectivity index (χ2n) is 2.75. The van der Waals surface area contributed by atoms with Crippen LogP contribution in [0.3, 0.4) is 0 Å². The molecule has 6 nitrogen and oxygen atoms in total. The summed E-state index contributed by atoms with van der Waals surface area (Å²) >= 11 is 0.